The highest BCUT2D eigenvalue weighted by Crippen LogP contribution is 1.77. The molecule has 4 nitrogen and oxygen atoms in total. The third kappa shape index (κ3) is 0.353. The molecule has 0 unspecified atom stereocenters. The van der Waals surface area contributed by atoms with E-state index in [4.69, 9.17) is 0 Å². The van der Waals surface area contributed by atoms with E-state index in [2.05, 4.69) is 18.5 Å². The number of nitrogens with one attached hydrogen (secondary N) is 2. The van der Waals surface area contributed by atoms with Gasteiger partial charge in [-0.15, -0.1) is 4.55 Å². The van der Waals surface area contributed by atoms with Crippen LogP contribution in [0.15, 0.2) is 8.58 Å². The van der Waals surface area contributed by atoms with Crippen LogP contribution in [0.5, 0.6) is 0 Å². The number of aromatic nitrogens is 2. The highest BCUT2D eigenvalue weighted by Gasteiger charge is 1.55. The normalized spacial score (nSPS) is 8.00. The summed E-state index contributed by atoms with van der Waals surface area (Å²) in [5.74, 6) is 0. The van der Waals surface area contributed by atoms with Crippen molar-refractivity contribution in [1.82, 2.24) is 9.88 Å². The summed E-state index contributed by atoms with van der Waals surface area (Å²) in [7, 11) is 0. The zero-order valence-corrected chi connectivity index (χ0v) is 3.04. The van der Waals surface area contributed by atoms with Gasteiger partial charge < -0.3 is 0 Å². The first kappa shape index (κ1) is 2.65. The van der Waals surface area contributed by atoms with Gasteiger partial charge >= 0.3 is 0 Å². The molecule has 1 aromatic heterocycles. The molecule has 0 aliphatic carbocycles. The predicted octanol–water partition coefficient (Wildman–Crippen LogP) is 0.715. The summed E-state index contributed by atoms with van der Waals surface area (Å²) >= 11 is 0.991. The lowest BCUT2D eigenvalue weighted by Crippen LogP contribution is -1.43. The SMILES string of the molecule is [nH]1o[nH]so1. The minimum atomic E-state index is 0.991. The van der Waals surface area contributed by atoms with Crippen molar-refractivity contribution in [2.24, 2.45) is 0 Å². The largest absolute Gasteiger partial charge is 0.268 e. The third-order valence-corrected chi connectivity index (χ3v) is 0.496. The summed E-state index contributed by atoms with van der Waals surface area (Å²) < 4.78 is 10.8. The van der Waals surface area contributed by atoms with Crippen LogP contribution in [-0.2, 0) is 0 Å². The van der Waals surface area contributed by atoms with Gasteiger partial charge in [-0.1, -0.05) is 0 Å². The Morgan fingerprint density at radius 2 is 2.60 bits per heavy atom. The Balaban J connectivity index is 3.13. The van der Waals surface area contributed by atoms with Crippen LogP contribution in [0.1, 0.15) is 0 Å². The molecule has 0 radical (unpaired) electrons. The van der Waals surface area contributed by atoms with Crippen LogP contribution in [0.3, 0.4) is 0 Å². The lowest BCUT2D eigenvalue weighted by molar-refractivity contribution is 0.203. The van der Waals surface area contributed by atoms with Gasteiger partial charge in [0.1, 0.15) is 0 Å². The van der Waals surface area contributed by atoms with E-state index in [0.717, 1.165) is 11.8 Å². The van der Waals surface area contributed by atoms with Gasteiger partial charge in [0.15, 0.2) is 11.8 Å². The van der Waals surface area contributed by atoms with Gasteiger partial charge in [-0.3, -0.25) is 8.58 Å². The molecule has 1 rings (SSSR count). The highest BCUT2D eigenvalue weighted by atomic mass is 32.1. The van der Waals surface area contributed by atoms with E-state index in [1.165, 1.54) is 0 Å². The second-order valence-corrected chi connectivity index (χ2v) is 0.935. The van der Waals surface area contributed by atoms with Gasteiger partial charge in [0.25, 0.3) is 0 Å². The quantitative estimate of drug-likeness (QED) is 0.497. The zero-order valence-electron chi connectivity index (χ0n) is 2.22. The molecule has 1 aromatic rings. The monoisotopic (exact) mass is 94.0 g/mol. The van der Waals surface area contributed by atoms with Crippen LogP contribution in [-0.4, -0.2) is 9.88 Å². The van der Waals surface area contributed by atoms with E-state index in [1.807, 2.05) is 0 Å². The van der Waals surface area contributed by atoms with E-state index < -0.39 is 0 Å². The van der Waals surface area contributed by atoms with Gasteiger partial charge in [0.2, 0.25) is 0 Å². The zero-order chi connectivity index (χ0) is 3.54. The summed E-state index contributed by atoms with van der Waals surface area (Å²) in [4.78, 5) is 0. The Bertz CT molecular complexity index is 64.1. The van der Waals surface area contributed by atoms with Gasteiger partial charge in [-0.25, -0.2) is 0 Å². The molecule has 0 bridgehead atoms. The second kappa shape index (κ2) is 1.03. The fourth-order valence-corrected chi connectivity index (χ4v) is 0.255. The predicted molar refractivity (Wildman–Crippen MR) is 15.2 cm³/mol. The van der Waals surface area contributed by atoms with Crippen molar-refractivity contribution in [3.8, 4) is 0 Å². The molecule has 0 atom stereocenters. The van der Waals surface area contributed by atoms with Crippen molar-refractivity contribution in [2.75, 3.05) is 0 Å². The maximum absolute atomic E-state index is 4.28. The van der Waals surface area contributed by atoms with Gasteiger partial charge in [-0.2, -0.15) is 0 Å². The smallest absolute Gasteiger partial charge is 0.191 e. The van der Waals surface area contributed by atoms with Crippen molar-refractivity contribution >= 4 is 11.8 Å². The molecule has 0 spiro atoms. The summed E-state index contributed by atoms with van der Waals surface area (Å²) in [5.41, 5.74) is 0. The van der Waals surface area contributed by atoms with Gasteiger partial charge in [0.05, 0.1) is 0 Å². The Morgan fingerprint density at radius 3 is 2.80 bits per heavy atom. The minimum Gasteiger partial charge on any atom is -0.268 e. The van der Waals surface area contributed by atoms with E-state index in [1.54, 1.807) is 0 Å². The summed E-state index contributed by atoms with van der Waals surface area (Å²) in [6.07, 6.45) is 0. The summed E-state index contributed by atoms with van der Waals surface area (Å²) in [6, 6.07) is 0. The Morgan fingerprint density at radius 1 is 1.60 bits per heavy atom. The summed E-state index contributed by atoms with van der Waals surface area (Å²) in [6.45, 7) is 0. The molecular formula is H2N2O2S. The average Bonchev–Trinajstić information content (AvgIpc) is 1.76. The molecule has 0 aromatic carbocycles. The maximum atomic E-state index is 4.28. The van der Waals surface area contributed by atoms with Crippen LogP contribution >= 0.6 is 11.8 Å². The first-order valence-electron chi connectivity index (χ1n) is 0.983. The number of aromatic amines is 2. The Kier molecular flexibility index (Phi) is 0.543. The Labute approximate surface area is 31.3 Å². The topological polar surface area (TPSA) is 57.9 Å². The molecular weight excluding hydrogens is 92.1 g/mol. The fourth-order valence-electron chi connectivity index (χ4n) is 0.0851. The lowest BCUT2D eigenvalue weighted by Gasteiger charge is -1.48. The number of hydrogen-bond donors (Lipinski definition) is 2. The van der Waals surface area contributed by atoms with Crippen LogP contribution in [0.4, 0.5) is 0 Å². The lowest BCUT2D eigenvalue weighted by atomic mass is 13.3. The molecule has 5 heteroatoms. The van der Waals surface area contributed by atoms with E-state index in [-0.39, 0.29) is 0 Å². The fraction of sp³-hybridized carbons (Fsp3) is 0. The van der Waals surface area contributed by atoms with Crippen LogP contribution < -0.4 is 0 Å². The highest BCUT2D eigenvalue weighted by molar-refractivity contribution is 6.95. The molecule has 0 aliphatic rings. The molecule has 0 amide bonds. The van der Waals surface area contributed by atoms with Crippen LogP contribution in [0.25, 0.3) is 0 Å². The molecule has 0 fully saturated rings. The first-order chi connectivity index (χ1) is 2.50. The number of hydrogen-bond acceptors (Lipinski definition) is 3. The summed E-state index contributed by atoms with van der Waals surface area (Å²) in [5, 5.41) is 2.07. The van der Waals surface area contributed by atoms with Gasteiger partial charge in [-0.05, 0) is 5.33 Å². The van der Waals surface area contributed by atoms with Gasteiger partial charge in [0, 0.05) is 0 Å². The molecule has 30 valence electrons. The van der Waals surface area contributed by atoms with E-state index in [9.17, 15) is 0 Å². The molecule has 2 N–H and O–H groups in total. The molecule has 0 saturated carbocycles. The maximum Gasteiger partial charge on any atom is 0.191 e. The van der Waals surface area contributed by atoms with Crippen molar-refractivity contribution in [3.63, 3.8) is 0 Å². The Hall–Kier alpha value is -0.580. The second-order valence-electron chi connectivity index (χ2n) is 0.435. The number of H-pyrrole nitrogens is 2. The molecule has 0 saturated heterocycles. The van der Waals surface area contributed by atoms with Crippen molar-refractivity contribution in [3.05, 3.63) is 0 Å². The molecule has 5 heavy (non-hydrogen) atoms. The van der Waals surface area contributed by atoms with Crippen molar-refractivity contribution < 1.29 is 8.58 Å². The standard InChI is InChI=1S/H2N2O2S/c1-3-2-5-4-1/h1-2H. The van der Waals surface area contributed by atoms with Crippen LogP contribution in [0.2, 0.25) is 0 Å². The van der Waals surface area contributed by atoms with E-state index >= 15 is 0 Å². The van der Waals surface area contributed by atoms with Crippen molar-refractivity contribution in [2.45, 2.75) is 0 Å². The minimum absolute atomic E-state index is 0.991. The molecule has 1 heterocycles. The average molecular weight is 94.1 g/mol. The molecule has 0 aliphatic heterocycles. The van der Waals surface area contributed by atoms with E-state index in [0.29, 0.717) is 0 Å². The van der Waals surface area contributed by atoms with Crippen LogP contribution in [0, 0.1) is 0 Å². The first-order valence-corrected chi connectivity index (χ1v) is 1.72. The van der Waals surface area contributed by atoms with Crippen molar-refractivity contribution in [1.29, 1.82) is 0 Å². The third-order valence-electron chi connectivity index (χ3n) is 0.193. The number of rotatable bonds is 0.